The van der Waals surface area contributed by atoms with Gasteiger partial charge < -0.3 is 4.90 Å². The number of anilines is 1. The number of fused-ring (bicyclic) bond motifs is 1. The molecule has 0 saturated heterocycles. The van der Waals surface area contributed by atoms with Crippen molar-refractivity contribution in [3.8, 4) is 0 Å². The smallest absolute Gasteiger partial charge is 0.258 e. The number of hydrogen-bond donors (Lipinski definition) is 0. The monoisotopic (exact) mass is 252 g/mol. The first-order valence-electron chi connectivity index (χ1n) is 6.59. The molecule has 0 radical (unpaired) electrons. The molecule has 1 aliphatic rings. The molecule has 1 atom stereocenters. The summed E-state index contributed by atoms with van der Waals surface area (Å²) in [4.78, 5) is 18.5. The van der Waals surface area contributed by atoms with Gasteiger partial charge in [-0.2, -0.15) is 0 Å². The maximum Gasteiger partial charge on any atom is 0.258 e. The average Bonchev–Trinajstić information content (AvgIpc) is 2.47. The minimum absolute atomic E-state index is 0.0575. The van der Waals surface area contributed by atoms with Crippen LogP contribution in [0.4, 0.5) is 5.69 Å². The highest BCUT2D eigenvalue weighted by atomic mass is 16.2. The van der Waals surface area contributed by atoms with Gasteiger partial charge in [-0.3, -0.25) is 9.78 Å². The van der Waals surface area contributed by atoms with E-state index in [0.29, 0.717) is 5.56 Å². The van der Waals surface area contributed by atoms with E-state index < -0.39 is 0 Å². The lowest BCUT2D eigenvalue weighted by atomic mass is 9.96. The van der Waals surface area contributed by atoms with Gasteiger partial charge in [-0.15, -0.1) is 0 Å². The number of hydrogen-bond acceptors (Lipinski definition) is 2. The fraction of sp³-hybridized carbons (Fsp3) is 0.250. The van der Waals surface area contributed by atoms with Gasteiger partial charge in [-0.25, -0.2) is 0 Å². The van der Waals surface area contributed by atoms with Gasteiger partial charge in [-0.1, -0.05) is 18.2 Å². The molecule has 96 valence electrons. The number of rotatable bonds is 1. The van der Waals surface area contributed by atoms with Gasteiger partial charge in [0.2, 0.25) is 0 Å². The van der Waals surface area contributed by atoms with Crippen LogP contribution in [0, 0.1) is 0 Å². The SMILES string of the molecule is CC1CCc2ccccc2N1C(=O)c1ccncc1. The molecule has 1 amide bonds. The molecule has 1 aromatic carbocycles. The predicted octanol–water partition coefficient (Wildman–Crippen LogP) is 3.06. The number of pyridine rings is 1. The van der Waals surface area contributed by atoms with Crippen molar-refractivity contribution in [1.82, 2.24) is 4.98 Å². The molecule has 3 rings (SSSR count). The molecular formula is C16H16N2O. The first-order chi connectivity index (χ1) is 9.27. The Morgan fingerprint density at radius 1 is 1.21 bits per heavy atom. The molecule has 0 bridgehead atoms. The van der Waals surface area contributed by atoms with Crippen LogP contribution in [0.1, 0.15) is 29.3 Å². The summed E-state index contributed by atoms with van der Waals surface area (Å²) in [6.07, 6.45) is 5.37. The highest BCUT2D eigenvalue weighted by Crippen LogP contribution is 2.31. The molecule has 0 aliphatic carbocycles. The van der Waals surface area contributed by atoms with Gasteiger partial charge in [0.25, 0.3) is 5.91 Å². The summed E-state index contributed by atoms with van der Waals surface area (Å²) in [6.45, 7) is 2.11. The van der Waals surface area contributed by atoms with E-state index >= 15 is 0 Å². The van der Waals surface area contributed by atoms with Gasteiger partial charge in [-0.05, 0) is 43.5 Å². The molecule has 3 nitrogen and oxygen atoms in total. The topological polar surface area (TPSA) is 33.2 Å². The average molecular weight is 252 g/mol. The Morgan fingerprint density at radius 2 is 1.95 bits per heavy atom. The first-order valence-corrected chi connectivity index (χ1v) is 6.59. The largest absolute Gasteiger partial charge is 0.305 e. The summed E-state index contributed by atoms with van der Waals surface area (Å²) in [7, 11) is 0. The van der Waals surface area contributed by atoms with Crippen LogP contribution in [-0.4, -0.2) is 16.9 Å². The summed E-state index contributed by atoms with van der Waals surface area (Å²) >= 11 is 0. The number of aryl methyl sites for hydroxylation is 1. The molecule has 0 saturated carbocycles. The second-order valence-electron chi connectivity index (χ2n) is 4.93. The van der Waals surface area contributed by atoms with Crippen molar-refractivity contribution in [2.24, 2.45) is 0 Å². The number of carbonyl (C=O) groups excluding carboxylic acids is 1. The van der Waals surface area contributed by atoms with E-state index in [1.165, 1.54) is 5.56 Å². The van der Waals surface area contributed by atoms with Crippen LogP contribution >= 0.6 is 0 Å². The van der Waals surface area contributed by atoms with Crippen LogP contribution in [0.2, 0.25) is 0 Å². The van der Waals surface area contributed by atoms with Crippen LogP contribution in [0.5, 0.6) is 0 Å². The molecule has 2 heterocycles. The van der Waals surface area contributed by atoms with Crippen molar-refractivity contribution in [3.63, 3.8) is 0 Å². The van der Waals surface area contributed by atoms with Crippen molar-refractivity contribution in [2.45, 2.75) is 25.8 Å². The standard InChI is InChI=1S/C16H16N2O/c1-12-6-7-13-4-2-3-5-15(13)18(12)16(19)14-8-10-17-11-9-14/h2-5,8-12H,6-7H2,1H3. The Bertz CT molecular complexity index is 595. The molecule has 0 spiro atoms. The van der Waals surface area contributed by atoms with Crippen LogP contribution < -0.4 is 4.90 Å². The Hall–Kier alpha value is -2.16. The van der Waals surface area contributed by atoms with E-state index in [1.807, 2.05) is 23.1 Å². The van der Waals surface area contributed by atoms with Crippen LogP contribution in [0.15, 0.2) is 48.8 Å². The van der Waals surface area contributed by atoms with Crippen LogP contribution in [0.25, 0.3) is 0 Å². The maximum atomic E-state index is 12.7. The molecule has 0 N–H and O–H groups in total. The summed E-state index contributed by atoms with van der Waals surface area (Å²) in [5, 5.41) is 0. The number of para-hydroxylation sites is 1. The zero-order valence-electron chi connectivity index (χ0n) is 10.9. The lowest BCUT2D eigenvalue weighted by Gasteiger charge is -2.35. The summed E-state index contributed by atoms with van der Waals surface area (Å²) in [5.41, 5.74) is 2.99. The Kier molecular flexibility index (Phi) is 3.03. The lowest BCUT2D eigenvalue weighted by Crippen LogP contribution is -2.42. The highest BCUT2D eigenvalue weighted by Gasteiger charge is 2.28. The number of amides is 1. The second-order valence-corrected chi connectivity index (χ2v) is 4.93. The molecular weight excluding hydrogens is 236 g/mol. The molecule has 1 unspecified atom stereocenters. The molecule has 1 aliphatic heterocycles. The van der Waals surface area contributed by atoms with E-state index in [1.54, 1.807) is 24.5 Å². The van der Waals surface area contributed by atoms with Crippen molar-refractivity contribution in [1.29, 1.82) is 0 Å². The van der Waals surface area contributed by atoms with Crippen molar-refractivity contribution in [2.75, 3.05) is 4.90 Å². The van der Waals surface area contributed by atoms with E-state index in [0.717, 1.165) is 18.5 Å². The van der Waals surface area contributed by atoms with E-state index in [4.69, 9.17) is 0 Å². The summed E-state index contributed by atoms with van der Waals surface area (Å²) < 4.78 is 0. The maximum absolute atomic E-state index is 12.7. The van der Waals surface area contributed by atoms with Gasteiger partial charge in [0, 0.05) is 29.7 Å². The summed E-state index contributed by atoms with van der Waals surface area (Å²) in [5.74, 6) is 0.0575. The lowest BCUT2D eigenvalue weighted by molar-refractivity contribution is 0.0975. The number of nitrogens with zero attached hydrogens (tertiary/aromatic N) is 2. The summed E-state index contributed by atoms with van der Waals surface area (Å²) in [6, 6.07) is 11.9. The van der Waals surface area contributed by atoms with Crippen molar-refractivity contribution < 1.29 is 4.79 Å². The molecule has 1 aromatic heterocycles. The Labute approximate surface area is 112 Å². The van der Waals surface area contributed by atoms with Crippen molar-refractivity contribution in [3.05, 3.63) is 59.9 Å². The van der Waals surface area contributed by atoms with Gasteiger partial charge in [0.1, 0.15) is 0 Å². The number of benzene rings is 1. The normalized spacial score (nSPS) is 17.9. The van der Waals surface area contributed by atoms with Crippen LogP contribution in [-0.2, 0) is 6.42 Å². The Morgan fingerprint density at radius 3 is 2.74 bits per heavy atom. The van der Waals surface area contributed by atoms with Crippen molar-refractivity contribution >= 4 is 11.6 Å². The van der Waals surface area contributed by atoms with Crippen LogP contribution in [0.3, 0.4) is 0 Å². The minimum Gasteiger partial charge on any atom is -0.305 e. The first kappa shape index (κ1) is 11.9. The number of aromatic nitrogens is 1. The minimum atomic E-state index is 0.0575. The molecule has 19 heavy (non-hydrogen) atoms. The molecule has 3 heteroatoms. The van der Waals surface area contributed by atoms with E-state index in [9.17, 15) is 4.79 Å². The van der Waals surface area contributed by atoms with Gasteiger partial charge >= 0.3 is 0 Å². The third-order valence-electron chi connectivity index (χ3n) is 3.67. The highest BCUT2D eigenvalue weighted by molar-refractivity contribution is 6.07. The van der Waals surface area contributed by atoms with Gasteiger partial charge in [0.05, 0.1) is 0 Å². The quantitative estimate of drug-likeness (QED) is 0.781. The third-order valence-corrected chi connectivity index (χ3v) is 3.67. The third kappa shape index (κ3) is 2.12. The number of carbonyl (C=O) groups is 1. The second kappa shape index (κ2) is 4.84. The Balaban J connectivity index is 2.02. The fourth-order valence-electron chi connectivity index (χ4n) is 2.63. The zero-order chi connectivity index (χ0) is 13.2. The predicted molar refractivity (Wildman–Crippen MR) is 75.3 cm³/mol. The van der Waals surface area contributed by atoms with E-state index in [2.05, 4.69) is 18.0 Å². The zero-order valence-corrected chi connectivity index (χ0v) is 10.9. The fourth-order valence-corrected chi connectivity index (χ4v) is 2.63. The molecule has 2 aromatic rings. The molecule has 0 fully saturated rings. The van der Waals surface area contributed by atoms with E-state index in [-0.39, 0.29) is 11.9 Å². The van der Waals surface area contributed by atoms with Gasteiger partial charge in [0.15, 0.2) is 0 Å².